The number of thioether (sulfide) groups is 1. The molecule has 0 bridgehead atoms. The number of para-hydroxylation sites is 1. The topological polar surface area (TPSA) is 183 Å². The molecule has 3 N–H and O–H groups in total. The quantitative estimate of drug-likeness (QED) is 0.0773. The number of nitrogens with two attached hydrogens (primary N) is 1. The number of nitrogen functional groups attached to an aromatic ring is 1. The lowest BCUT2D eigenvalue weighted by molar-refractivity contribution is -0.136. The highest BCUT2D eigenvalue weighted by molar-refractivity contribution is 7.99. The molecule has 5 aromatic rings. The number of ether oxygens (including phenoxy) is 1. The minimum atomic E-state index is -1.11. The Balaban J connectivity index is 0.804. The van der Waals surface area contributed by atoms with Gasteiger partial charge in [0.2, 0.25) is 17.7 Å². The lowest BCUT2D eigenvalue weighted by atomic mass is 10.0. The number of hydrogen-bond acceptors (Lipinski definition) is 11. The largest absolute Gasteiger partial charge is 0.457 e. The lowest BCUT2D eigenvalue weighted by Gasteiger charge is -2.32. The van der Waals surface area contributed by atoms with Gasteiger partial charge in [-0.2, -0.15) is 5.10 Å². The molecule has 1 atom stereocenters. The monoisotopic (exact) mass is 804 g/mol. The van der Waals surface area contributed by atoms with Crippen molar-refractivity contribution in [3.8, 4) is 22.8 Å². The Bertz CT molecular complexity index is 2400. The summed E-state index contributed by atoms with van der Waals surface area (Å²) in [6.07, 6.45) is 6.50. The number of hydrogen-bond donors (Lipinski definition) is 2. The van der Waals surface area contributed by atoms with Crippen molar-refractivity contribution >= 4 is 58.1 Å². The molecular weight excluding hydrogens is 764 g/mol. The van der Waals surface area contributed by atoms with E-state index in [2.05, 4.69) is 15.3 Å². The Morgan fingerprint density at radius 2 is 1.64 bits per heavy atom. The molecule has 58 heavy (non-hydrogen) atoms. The van der Waals surface area contributed by atoms with E-state index in [4.69, 9.17) is 15.6 Å². The van der Waals surface area contributed by atoms with Gasteiger partial charge in [0, 0.05) is 36.4 Å². The van der Waals surface area contributed by atoms with E-state index in [1.807, 2.05) is 64.2 Å². The van der Waals surface area contributed by atoms with E-state index in [0.29, 0.717) is 58.5 Å². The molecule has 5 heterocycles. The van der Waals surface area contributed by atoms with Crippen molar-refractivity contribution in [1.29, 1.82) is 0 Å². The second kappa shape index (κ2) is 16.7. The third kappa shape index (κ3) is 7.88. The van der Waals surface area contributed by atoms with E-state index in [1.54, 1.807) is 0 Å². The van der Waals surface area contributed by atoms with Gasteiger partial charge in [-0.05, 0) is 86.4 Å². The fourth-order valence-electron chi connectivity index (χ4n) is 7.83. The Kier molecular flexibility index (Phi) is 11.2. The molecule has 3 aliphatic heterocycles. The summed E-state index contributed by atoms with van der Waals surface area (Å²) in [5.74, 6) is -0.726. The molecule has 2 aromatic heterocycles. The van der Waals surface area contributed by atoms with Crippen LogP contribution in [0.15, 0.2) is 78.0 Å². The van der Waals surface area contributed by atoms with Gasteiger partial charge in [-0.3, -0.25) is 34.2 Å². The van der Waals surface area contributed by atoms with Gasteiger partial charge in [-0.25, -0.2) is 19.0 Å². The molecular formula is C42H41FN8O6S. The third-order valence-corrected chi connectivity index (χ3v) is 11.9. The van der Waals surface area contributed by atoms with Crippen LogP contribution in [-0.2, 0) is 14.4 Å². The summed E-state index contributed by atoms with van der Waals surface area (Å²) < 4.78 is 22.5. The summed E-state index contributed by atoms with van der Waals surface area (Å²) in [4.78, 5) is 75.6. The number of piperidine rings is 2. The maximum atomic E-state index is 14.6. The van der Waals surface area contributed by atoms with Crippen molar-refractivity contribution in [2.24, 2.45) is 0 Å². The number of benzene rings is 3. The zero-order valence-electron chi connectivity index (χ0n) is 31.6. The number of imide groups is 2. The van der Waals surface area contributed by atoms with Gasteiger partial charge in [0.25, 0.3) is 11.8 Å². The molecule has 3 aromatic carbocycles. The van der Waals surface area contributed by atoms with Gasteiger partial charge in [0.05, 0.1) is 22.6 Å². The van der Waals surface area contributed by atoms with E-state index in [0.717, 1.165) is 60.8 Å². The van der Waals surface area contributed by atoms with Gasteiger partial charge in [0.1, 0.15) is 41.2 Å². The van der Waals surface area contributed by atoms with Crippen LogP contribution in [0.3, 0.4) is 0 Å². The van der Waals surface area contributed by atoms with Crippen LogP contribution in [0.5, 0.6) is 11.5 Å². The molecule has 0 radical (unpaired) electrons. The SMILES string of the molecule is Nc1ncnc2c1c(-c1ccc(Oc3ccccc3)cc1)nn2C1CCN(C(=O)CCCCCCSc2cc(F)cc3c2C(=O)N(C2CCC(=O)NC2=O)C3=O)CC1. The molecule has 8 rings (SSSR count). The van der Waals surface area contributed by atoms with Gasteiger partial charge in [-0.15, -0.1) is 11.8 Å². The van der Waals surface area contributed by atoms with Gasteiger partial charge in [-0.1, -0.05) is 31.0 Å². The molecule has 1 unspecified atom stereocenters. The number of carbonyl (C=O) groups excluding carboxylic acids is 5. The molecule has 0 saturated carbocycles. The molecule has 14 nitrogen and oxygen atoms in total. The van der Waals surface area contributed by atoms with Crippen LogP contribution in [-0.4, -0.2) is 84.0 Å². The normalized spacial score (nSPS) is 17.2. The maximum Gasteiger partial charge on any atom is 0.263 e. The number of fused-ring (bicyclic) bond motifs is 2. The van der Waals surface area contributed by atoms with Crippen LogP contribution in [0.1, 0.15) is 84.5 Å². The van der Waals surface area contributed by atoms with E-state index in [9.17, 15) is 28.4 Å². The molecule has 2 saturated heterocycles. The van der Waals surface area contributed by atoms with Crippen LogP contribution < -0.4 is 15.8 Å². The Labute approximate surface area is 337 Å². The maximum absolute atomic E-state index is 14.6. The number of aromatic nitrogens is 4. The summed E-state index contributed by atoms with van der Waals surface area (Å²) >= 11 is 1.29. The van der Waals surface area contributed by atoms with Gasteiger partial charge < -0.3 is 15.4 Å². The number of amides is 5. The minimum Gasteiger partial charge on any atom is -0.457 e. The lowest BCUT2D eigenvalue weighted by Crippen LogP contribution is -2.54. The van der Waals surface area contributed by atoms with Crippen molar-refractivity contribution in [1.82, 2.24) is 34.9 Å². The first kappa shape index (κ1) is 38.7. The number of rotatable bonds is 13. The van der Waals surface area contributed by atoms with Crippen molar-refractivity contribution in [2.45, 2.75) is 74.8 Å². The number of unbranched alkanes of at least 4 members (excludes halogenated alkanes) is 3. The van der Waals surface area contributed by atoms with Crippen LogP contribution in [0.25, 0.3) is 22.3 Å². The van der Waals surface area contributed by atoms with Crippen molar-refractivity contribution < 1.29 is 33.1 Å². The summed E-state index contributed by atoms with van der Waals surface area (Å²) in [6, 6.07) is 18.4. The predicted octanol–water partition coefficient (Wildman–Crippen LogP) is 6.31. The van der Waals surface area contributed by atoms with Crippen molar-refractivity contribution in [3.05, 3.63) is 90.0 Å². The van der Waals surface area contributed by atoms with E-state index < -0.39 is 35.5 Å². The molecule has 5 amide bonds. The second-order valence-electron chi connectivity index (χ2n) is 14.6. The van der Waals surface area contributed by atoms with E-state index >= 15 is 0 Å². The third-order valence-electron chi connectivity index (χ3n) is 10.8. The second-order valence-corrected chi connectivity index (χ2v) is 15.7. The first-order valence-electron chi connectivity index (χ1n) is 19.4. The fraction of sp³-hybridized carbons (Fsp3) is 0.333. The highest BCUT2D eigenvalue weighted by atomic mass is 32.2. The standard InChI is InChI=1S/C42H41FN8O6S/c43-26-22-30-35(42(56)50(41(30)55)31-15-16-33(52)47-40(31)54)32(23-26)58-21-7-2-1-6-10-34(53)49-19-17-27(18-20-49)51-39-36(38(44)45-24-46-39)37(48-51)25-11-13-29(14-12-25)57-28-8-4-3-5-9-28/h3-5,8-9,11-14,22-24,27,31H,1-2,6-7,10,15-21H2,(H2,44,45,46)(H,47,52,54). The molecule has 2 fully saturated rings. The summed E-state index contributed by atoms with van der Waals surface area (Å²) in [5, 5.41) is 7.86. The van der Waals surface area contributed by atoms with Gasteiger partial charge in [0.15, 0.2) is 5.65 Å². The van der Waals surface area contributed by atoms with Crippen molar-refractivity contribution in [2.75, 3.05) is 24.6 Å². The molecule has 3 aliphatic rings. The Morgan fingerprint density at radius 1 is 0.897 bits per heavy atom. The number of carbonyl (C=O) groups is 5. The molecule has 16 heteroatoms. The zero-order chi connectivity index (χ0) is 40.3. The molecule has 298 valence electrons. The average molecular weight is 805 g/mol. The van der Waals surface area contributed by atoms with Crippen LogP contribution >= 0.6 is 11.8 Å². The summed E-state index contributed by atoms with van der Waals surface area (Å²) in [5.41, 5.74) is 8.60. The van der Waals surface area contributed by atoms with Crippen LogP contribution in [0.4, 0.5) is 10.2 Å². The number of halogens is 1. The number of nitrogens with one attached hydrogen (secondary N) is 1. The summed E-state index contributed by atoms with van der Waals surface area (Å²) in [6.45, 7) is 1.20. The van der Waals surface area contributed by atoms with E-state index in [1.165, 1.54) is 24.2 Å². The molecule has 0 aliphatic carbocycles. The zero-order valence-corrected chi connectivity index (χ0v) is 32.4. The minimum absolute atomic E-state index is 0.00492. The number of anilines is 1. The van der Waals surface area contributed by atoms with Crippen LogP contribution in [0, 0.1) is 5.82 Å². The number of nitrogens with zero attached hydrogens (tertiary/aromatic N) is 6. The number of likely N-dealkylation sites (tertiary alicyclic amines) is 1. The fourth-order valence-corrected chi connectivity index (χ4v) is 8.93. The van der Waals surface area contributed by atoms with E-state index in [-0.39, 0.29) is 35.9 Å². The Morgan fingerprint density at radius 3 is 2.40 bits per heavy atom. The van der Waals surface area contributed by atoms with Gasteiger partial charge >= 0.3 is 0 Å². The van der Waals surface area contributed by atoms with Crippen molar-refractivity contribution in [3.63, 3.8) is 0 Å². The highest BCUT2D eigenvalue weighted by Crippen LogP contribution is 2.37. The first-order valence-corrected chi connectivity index (χ1v) is 20.4. The predicted molar refractivity (Wildman–Crippen MR) is 213 cm³/mol. The molecule has 0 spiro atoms. The average Bonchev–Trinajstić information content (AvgIpc) is 3.73. The summed E-state index contributed by atoms with van der Waals surface area (Å²) in [7, 11) is 0. The smallest absolute Gasteiger partial charge is 0.263 e. The highest BCUT2D eigenvalue weighted by Gasteiger charge is 2.46. The first-order chi connectivity index (χ1) is 28.2. The van der Waals surface area contributed by atoms with Crippen LogP contribution in [0.2, 0.25) is 0 Å². The Hall–Kier alpha value is -6.16.